The van der Waals surface area contributed by atoms with Crippen LogP contribution >= 0.6 is 11.6 Å². The summed E-state index contributed by atoms with van der Waals surface area (Å²) < 4.78 is 0. The van der Waals surface area contributed by atoms with E-state index >= 15 is 0 Å². The quantitative estimate of drug-likeness (QED) is 0.753. The van der Waals surface area contributed by atoms with Crippen molar-refractivity contribution in [2.45, 2.75) is 58.3 Å². The fraction of sp³-hybridized carbons (Fsp3) is 0.714. The Morgan fingerprint density at radius 1 is 1.24 bits per heavy atom. The van der Waals surface area contributed by atoms with Crippen molar-refractivity contribution in [3.8, 4) is 0 Å². The van der Waals surface area contributed by atoms with Gasteiger partial charge in [-0.2, -0.15) is 0 Å². The third kappa shape index (κ3) is 2.98. The topological polar surface area (TPSA) is 25.8 Å². The second-order valence-corrected chi connectivity index (χ2v) is 6.52. The van der Waals surface area contributed by atoms with E-state index in [4.69, 9.17) is 11.6 Å². The van der Waals surface area contributed by atoms with Crippen molar-refractivity contribution in [3.05, 3.63) is 23.3 Å². The molecule has 0 bridgehead atoms. The van der Waals surface area contributed by atoms with Gasteiger partial charge in [0.25, 0.3) is 0 Å². The first-order valence-corrected chi connectivity index (χ1v) is 6.88. The SMILES string of the molecule is CC(C)(C)C(Cl)Cc1ncnc2c1CCCC2. The Morgan fingerprint density at radius 3 is 2.65 bits per heavy atom. The van der Waals surface area contributed by atoms with Gasteiger partial charge in [0, 0.05) is 23.2 Å². The van der Waals surface area contributed by atoms with Gasteiger partial charge in [0.2, 0.25) is 0 Å². The molecule has 0 radical (unpaired) electrons. The van der Waals surface area contributed by atoms with Gasteiger partial charge in [-0.25, -0.2) is 9.97 Å². The standard InChI is InChI=1S/C14H21ClN2/c1-14(2,3)13(15)8-12-10-6-4-5-7-11(10)16-9-17-12/h9,13H,4-8H2,1-3H3. The van der Waals surface area contributed by atoms with Gasteiger partial charge in [-0.15, -0.1) is 11.6 Å². The van der Waals surface area contributed by atoms with Gasteiger partial charge in [0.15, 0.2) is 0 Å². The number of alkyl halides is 1. The predicted molar refractivity (Wildman–Crippen MR) is 71.5 cm³/mol. The molecule has 1 aliphatic rings. The summed E-state index contributed by atoms with van der Waals surface area (Å²) in [5, 5.41) is 0.128. The first kappa shape index (κ1) is 12.8. The van der Waals surface area contributed by atoms with Crippen molar-refractivity contribution in [2.24, 2.45) is 5.41 Å². The number of hydrogen-bond donors (Lipinski definition) is 0. The molecule has 1 unspecified atom stereocenters. The minimum atomic E-state index is 0.119. The number of fused-ring (bicyclic) bond motifs is 1. The second-order valence-electron chi connectivity index (χ2n) is 5.99. The van der Waals surface area contributed by atoms with Crippen LogP contribution in [0.25, 0.3) is 0 Å². The Bertz CT molecular complexity index is 396. The van der Waals surface area contributed by atoms with E-state index in [2.05, 4.69) is 30.7 Å². The number of aromatic nitrogens is 2. The number of halogens is 1. The monoisotopic (exact) mass is 252 g/mol. The Kier molecular flexibility index (Phi) is 3.72. The van der Waals surface area contributed by atoms with Crippen molar-refractivity contribution in [3.63, 3.8) is 0 Å². The molecule has 1 heterocycles. The molecule has 1 aromatic heterocycles. The third-order valence-corrected chi connectivity index (χ3v) is 4.34. The molecule has 0 aliphatic heterocycles. The summed E-state index contributed by atoms with van der Waals surface area (Å²) in [5.41, 5.74) is 3.91. The van der Waals surface area contributed by atoms with Gasteiger partial charge in [-0.05, 0) is 36.7 Å². The number of hydrogen-bond acceptors (Lipinski definition) is 2. The van der Waals surface area contributed by atoms with Crippen molar-refractivity contribution in [1.82, 2.24) is 9.97 Å². The van der Waals surface area contributed by atoms with E-state index in [9.17, 15) is 0 Å². The summed E-state index contributed by atoms with van der Waals surface area (Å²) >= 11 is 6.47. The van der Waals surface area contributed by atoms with E-state index in [0.29, 0.717) is 0 Å². The summed E-state index contributed by atoms with van der Waals surface area (Å²) in [5.74, 6) is 0. The molecule has 0 amide bonds. The summed E-state index contributed by atoms with van der Waals surface area (Å²) in [6.45, 7) is 6.54. The Hall–Kier alpha value is -0.630. The van der Waals surface area contributed by atoms with Crippen LogP contribution in [0.3, 0.4) is 0 Å². The maximum Gasteiger partial charge on any atom is 0.115 e. The molecule has 3 heteroatoms. The van der Waals surface area contributed by atoms with E-state index in [-0.39, 0.29) is 10.8 Å². The number of nitrogens with zero attached hydrogens (tertiary/aromatic N) is 2. The average Bonchev–Trinajstić information content (AvgIpc) is 2.28. The molecule has 17 heavy (non-hydrogen) atoms. The van der Waals surface area contributed by atoms with Crippen LogP contribution < -0.4 is 0 Å². The molecular weight excluding hydrogens is 232 g/mol. The molecule has 0 saturated heterocycles. The molecule has 0 spiro atoms. The van der Waals surface area contributed by atoms with Crippen molar-refractivity contribution < 1.29 is 0 Å². The molecule has 2 rings (SSSR count). The van der Waals surface area contributed by atoms with Crippen LogP contribution in [0.15, 0.2) is 6.33 Å². The maximum atomic E-state index is 6.47. The van der Waals surface area contributed by atoms with Crippen LogP contribution in [0.2, 0.25) is 0 Å². The Balaban J connectivity index is 2.22. The lowest BCUT2D eigenvalue weighted by molar-refractivity contribution is 0.383. The van der Waals surface area contributed by atoms with Crippen LogP contribution in [0, 0.1) is 5.41 Å². The summed E-state index contributed by atoms with van der Waals surface area (Å²) in [6, 6.07) is 0. The van der Waals surface area contributed by atoms with Crippen LogP contribution in [-0.4, -0.2) is 15.3 Å². The zero-order valence-electron chi connectivity index (χ0n) is 11.0. The largest absolute Gasteiger partial charge is 0.241 e. The molecule has 0 aromatic carbocycles. The van der Waals surface area contributed by atoms with Crippen molar-refractivity contribution in [2.75, 3.05) is 0 Å². The number of aryl methyl sites for hydroxylation is 1. The van der Waals surface area contributed by atoms with Gasteiger partial charge >= 0.3 is 0 Å². The summed E-state index contributed by atoms with van der Waals surface area (Å²) in [6.07, 6.45) is 7.30. The fourth-order valence-corrected chi connectivity index (χ4v) is 2.39. The highest BCUT2D eigenvalue weighted by Crippen LogP contribution is 2.29. The normalized spacial score (nSPS) is 17.6. The molecule has 94 valence electrons. The van der Waals surface area contributed by atoms with E-state index < -0.39 is 0 Å². The molecule has 2 nitrogen and oxygen atoms in total. The molecule has 1 aromatic rings. The first-order chi connectivity index (χ1) is 7.98. The molecule has 1 aliphatic carbocycles. The van der Waals surface area contributed by atoms with Crippen molar-refractivity contribution >= 4 is 11.6 Å². The smallest absolute Gasteiger partial charge is 0.115 e. The minimum Gasteiger partial charge on any atom is -0.241 e. The third-order valence-electron chi connectivity index (χ3n) is 3.53. The Labute approximate surface area is 109 Å². The van der Waals surface area contributed by atoms with Crippen LogP contribution in [0.1, 0.15) is 50.6 Å². The molecule has 1 atom stereocenters. The van der Waals surface area contributed by atoms with E-state index in [1.54, 1.807) is 6.33 Å². The molecule has 0 N–H and O–H groups in total. The van der Waals surface area contributed by atoms with Gasteiger partial charge in [0.1, 0.15) is 6.33 Å². The fourth-order valence-electron chi connectivity index (χ4n) is 2.24. The zero-order valence-corrected chi connectivity index (χ0v) is 11.7. The van der Waals surface area contributed by atoms with Gasteiger partial charge in [0.05, 0.1) is 0 Å². The minimum absolute atomic E-state index is 0.119. The van der Waals surface area contributed by atoms with E-state index in [0.717, 1.165) is 19.3 Å². The summed E-state index contributed by atoms with van der Waals surface area (Å²) in [7, 11) is 0. The van der Waals surface area contributed by atoms with Crippen molar-refractivity contribution in [1.29, 1.82) is 0 Å². The molecule has 0 fully saturated rings. The highest BCUT2D eigenvalue weighted by molar-refractivity contribution is 6.21. The van der Waals surface area contributed by atoms with Gasteiger partial charge in [-0.1, -0.05) is 20.8 Å². The van der Waals surface area contributed by atoms with Crippen LogP contribution in [0.5, 0.6) is 0 Å². The van der Waals surface area contributed by atoms with Crippen LogP contribution in [-0.2, 0) is 19.3 Å². The number of rotatable bonds is 2. The van der Waals surface area contributed by atoms with Crippen LogP contribution in [0.4, 0.5) is 0 Å². The predicted octanol–water partition coefficient (Wildman–Crippen LogP) is 3.55. The zero-order chi connectivity index (χ0) is 12.5. The highest BCUT2D eigenvalue weighted by Gasteiger charge is 2.25. The molecular formula is C14H21ClN2. The lowest BCUT2D eigenvalue weighted by atomic mass is 9.86. The highest BCUT2D eigenvalue weighted by atomic mass is 35.5. The van der Waals surface area contributed by atoms with Gasteiger partial charge < -0.3 is 0 Å². The summed E-state index contributed by atoms with van der Waals surface area (Å²) in [4.78, 5) is 8.85. The average molecular weight is 253 g/mol. The van der Waals surface area contributed by atoms with Gasteiger partial charge in [-0.3, -0.25) is 0 Å². The lowest BCUT2D eigenvalue weighted by Gasteiger charge is -2.26. The Morgan fingerprint density at radius 2 is 1.94 bits per heavy atom. The van der Waals surface area contributed by atoms with E-state index in [1.165, 1.54) is 29.8 Å². The second kappa shape index (κ2) is 4.93. The van der Waals surface area contributed by atoms with E-state index in [1.807, 2.05) is 0 Å². The first-order valence-electron chi connectivity index (χ1n) is 6.44. The lowest BCUT2D eigenvalue weighted by Crippen LogP contribution is -2.24. The molecule has 0 saturated carbocycles. The maximum absolute atomic E-state index is 6.47.